The molecule has 1 heterocycles. The molecule has 0 saturated heterocycles. The zero-order chi connectivity index (χ0) is 14.1. The second-order valence-corrected chi connectivity index (χ2v) is 5.56. The maximum Gasteiger partial charge on any atom is 0.260 e. The van der Waals surface area contributed by atoms with Crippen molar-refractivity contribution in [2.45, 2.75) is 25.3 Å². The fraction of sp³-hybridized carbons (Fsp3) is 0.583. The number of rotatable bonds is 9. The van der Waals surface area contributed by atoms with E-state index in [1.165, 1.54) is 6.20 Å². The second kappa shape index (κ2) is 8.08. The van der Waals surface area contributed by atoms with Crippen LogP contribution in [0, 0.1) is 0 Å². The fourth-order valence-electron chi connectivity index (χ4n) is 1.46. The number of pyridine rings is 1. The molecule has 0 aliphatic heterocycles. The molecule has 1 rings (SSSR count). The van der Waals surface area contributed by atoms with Crippen LogP contribution in [0.5, 0.6) is 0 Å². The molecule has 0 radical (unpaired) electrons. The lowest BCUT2D eigenvalue weighted by atomic mass is 10.4. The van der Waals surface area contributed by atoms with E-state index in [1.807, 2.05) is 13.8 Å². The molecule has 6 nitrogen and oxygen atoms in total. The Morgan fingerprint density at radius 1 is 1.32 bits per heavy atom. The molecule has 0 aromatic carbocycles. The Labute approximate surface area is 114 Å². The fourth-order valence-corrected chi connectivity index (χ4v) is 2.58. The topological polar surface area (TPSA) is 80.3 Å². The highest BCUT2D eigenvalue weighted by Gasteiger charge is 2.19. The van der Waals surface area contributed by atoms with Gasteiger partial charge in [0.15, 0.2) is 5.03 Å². The van der Waals surface area contributed by atoms with E-state index < -0.39 is 10.0 Å². The van der Waals surface area contributed by atoms with Crippen LogP contribution in [0.3, 0.4) is 0 Å². The summed E-state index contributed by atoms with van der Waals surface area (Å²) in [6, 6.07) is 3.41. The lowest BCUT2D eigenvalue weighted by Crippen LogP contribution is -2.29. The molecule has 0 atom stereocenters. The van der Waals surface area contributed by atoms with E-state index in [0.29, 0.717) is 25.4 Å². The summed E-state index contributed by atoms with van der Waals surface area (Å²) in [5.74, 6) is 0. The molecule has 1 aromatic heterocycles. The summed E-state index contributed by atoms with van der Waals surface area (Å²) >= 11 is 0. The van der Waals surface area contributed by atoms with E-state index in [4.69, 9.17) is 4.74 Å². The van der Waals surface area contributed by atoms with E-state index in [2.05, 4.69) is 15.0 Å². The lowest BCUT2D eigenvalue weighted by Gasteiger charge is -2.11. The second-order valence-electron chi connectivity index (χ2n) is 3.88. The summed E-state index contributed by atoms with van der Waals surface area (Å²) in [5, 5.41) is 3.09. The van der Waals surface area contributed by atoms with Crippen molar-refractivity contribution in [1.82, 2.24) is 9.71 Å². The Hall–Kier alpha value is -1.18. The largest absolute Gasteiger partial charge is 0.383 e. The summed E-state index contributed by atoms with van der Waals surface area (Å²) in [6.07, 6.45) is 2.38. The predicted molar refractivity (Wildman–Crippen MR) is 74.7 cm³/mol. The molecule has 2 N–H and O–H groups in total. The number of hydrogen-bond acceptors (Lipinski definition) is 5. The highest BCUT2D eigenvalue weighted by molar-refractivity contribution is 7.89. The molecule has 0 amide bonds. The summed E-state index contributed by atoms with van der Waals surface area (Å²) in [5.41, 5.74) is 0.522. The summed E-state index contributed by atoms with van der Waals surface area (Å²) in [4.78, 5) is 3.95. The van der Waals surface area contributed by atoms with Crippen molar-refractivity contribution in [3.8, 4) is 0 Å². The van der Waals surface area contributed by atoms with Gasteiger partial charge in [0.1, 0.15) is 0 Å². The highest BCUT2D eigenvalue weighted by Crippen LogP contribution is 2.17. The molecule has 7 heteroatoms. The van der Waals surface area contributed by atoms with Crippen LogP contribution in [0.25, 0.3) is 0 Å². The van der Waals surface area contributed by atoms with Crippen LogP contribution in [0.2, 0.25) is 0 Å². The minimum Gasteiger partial charge on any atom is -0.383 e. The molecule has 0 saturated carbocycles. The first-order valence-corrected chi connectivity index (χ1v) is 7.86. The molecule has 0 aliphatic rings. The van der Waals surface area contributed by atoms with Gasteiger partial charge in [-0.1, -0.05) is 6.92 Å². The number of anilines is 1. The summed E-state index contributed by atoms with van der Waals surface area (Å²) in [7, 11) is -3.61. The van der Waals surface area contributed by atoms with Gasteiger partial charge < -0.3 is 10.1 Å². The Bertz CT molecular complexity index is 477. The number of sulfonamides is 1. The first kappa shape index (κ1) is 15.9. The Morgan fingerprint density at radius 3 is 2.79 bits per heavy atom. The predicted octanol–water partition coefficient (Wildman–Crippen LogP) is 1.22. The van der Waals surface area contributed by atoms with Crippen molar-refractivity contribution in [1.29, 1.82) is 0 Å². The van der Waals surface area contributed by atoms with Gasteiger partial charge in [-0.2, -0.15) is 0 Å². The number of nitrogens with zero attached hydrogens (tertiary/aromatic N) is 1. The third-order valence-electron chi connectivity index (χ3n) is 2.33. The molecule has 0 aliphatic carbocycles. The molecule has 0 unspecified atom stereocenters. The monoisotopic (exact) mass is 287 g/mol. The molecule has 108 valence electrons. The highest BCUT2D eigenvalue weighted by atomic mass is 32.2. The van der Waals surface area contributed by atoms with E-state index >= 15 is 0 Å². The smallest absolute Gasteiger partial charge is 0.260 e. The van der Waals surface area contributed by atoms with Gasteiger partial charge in [-0.3, -0.25) is 0 Å². The van der Waals surface area contributed by atoms with Crippen LogP contribution in [-0.4, -0.2) is 39.7 Å². The zero-order valence-electron chi connectivity index (χ0n) is 11.3. The Morgan fingerprint density at radius 2 is 2.11 bits per heavy atom. The van der Waals surface area contributed by atoms with E-state index in [9.17, 15) is 8.42 Å². The van der Waals surface area contributed by atoms with E-state index in [0.717, 1.165) is 6.42 Å². The molecular weight excluding hydrogens is 266 g/mol. The van der Waals surface area contributed by atoms with Crippen LogP contribution < -0.4 is 10.0 Å². The van der Waals surface area contributed by atoms with Crippen molar-refractivity contribution in [3.05, 3.63) is 18.3 Å². The number of nitrogens with one attached hydrogen (secondary N) is 2. The summed E-state index contributed by atoms with van der Waals surface area (Å²) in [6.45, 7) is 5.72. The minimum atomic E-state index is -3.61. The number of hydrogen-bond donors (Lipinski definition) is 2. The van der Waals surface area contributed by atoms with Crippen molar-refractivity contribution >= 4 is 15.7 Å². The molecule has 19 heavy (non-hydrogen) atoms. The SMILES string of the molecule is CCCNc1cccnc1S(=O)(=O)NCCOCC. The van der Waals surface area contributed by atoms with Crippen molar-refractivity contribution < 1.29 is 13.2 Å². The molecular formula is C12H21N3O3S. The van der Waals surface area contributed by atoms with Gasteiger partial charge in [-0.15, -0.1) is 0 Å². The Kier molecular flexibility index (Phi) is 6.75. The van der Waals surface area contributed by atoms with Gasteiger partial charge in [0.2, 0.25) is 0 Å². The van der Waals surface area contributed by atoms with Crippen LogP contribution in [-0.2, 0) is 14.8 Å². The quantitative estimate of drug-likeness (QED) is 0.667. The normalized spacial score (nSPS) is 11.5. The lowest BCUT2D eigenvalue weighted by molar-refractivity contribution is 0.153. The number of aromatic nitrogens is 1. The maximum absolute atomic E-state index is 12.1. The maximum atomic E-state index is 12.1. The van der Waals surface area contributed by atoms with Crippen LogP contribution in [0.1, 0.15) is 20.3 Å². The molecule has 0 fully saturated rings. The molecule has 0 spiro atoms. The van der Waals surface area contributed by atoms with Gasteiger partial charge in [0, 0.05) is 25.9 Å². The van der Waals surface area contributed by atoms with Crippen molar-refractivity contribution in [2.75, 3.05) is 31.6 Å². The average molecular weight is 287 g/mol. The molecule has 0 bridgehead atoms. The van der Waals surface area contributed by atoms with Gasteiger partial charge in [-0.05, 0) is 25.5 Å². The van der Waals surface area contributed by atoms with Crippen molar-refractivity contribution in [2.24, 2.45) is 0 Å². The van der Waals surface area contributed by atoms with E-state index in [-0.39, 0.29) is 11.6 Å². The van der Waals surface area contributed by atoms with Crippen molar-refractivity contribution in [3.63, 3.8) is 0 Å². The van der Waals surface area contributed by atoms with Gasteiger partial charge in [-0.25, -0.2) is 18.1 Å². The van der Waals surface area contributed by atoms with Gasteiger partial charge in [0.25, 0.3) is 10.0 Å². The minimum absolute atomic E-state index is 0.0277. The Balaban J connectivity index is 2.76. The first-order chi connectivity index (χ1) is 9.11. The van der Waals surface area contributed by atoms with Crippen LogP contribution in [0.15, 0.2) is 23.4 Å². The van der Waals surface area contributed by atoms with Gasteiger partial charge >= 0.3 is 0 Å². The third-order valence-corrected chi connectivity index (χ3v) is 3.75. The van der Waals surface area contributed by atoms with Crippen LogP contribution >= 0.6 is 0 Å². The first-order valence-electron chi connectivity index (χ1n) is 6.38. The average Bonchev–Trinajstić information content (AvgIpc) is 2.41. The van der Waals surface area contributed by atoms with Gasteiger partial charge in [0.05, 0.1) is 12.3 Å². The molecule has 1 aromatic rings. The number of ether oxygens (including phenoxy) is 1. The zero-order valence-corrected chi connectivity index (χ0v) is 12.2. The standard InChI is InChI=1S/C12H21N3O3S/c1-3-7-13-11-6-5-8-14-12(11)19(16,17)15-9-10-18-4-2/h5-6,8,13,15H,3-4,7,9-10H2,1-2H3. The van der Waals surface area contributed by atoms with Crippen LogP contribution in [0.4, 0.5) is 5.69 Å². The van der Waals surface area contributed by atoms with E-state index in [1.54, 1.807) is 12.1 Å². The summed E-state index contributed by atoms with van der Waals surface area (Å²) < 4.78 is 31.8. The third kappa shape index (κ3) is 5.14.